The van der Waals surface area contributed by atoms with Gasteiger partial charge in [0.2, 0.25) is 0 Å². The summed E-state index contributed by atoms with van der Waals surface area (Å²) in [6.45, 7) is 2.84. The van der Waals surface area contributed by atoms with E-state index in [1.54, 1.807) is 17.1 Å². The number of ether oxygens (including phenoxy) is 1. The lowest BCUT2D eigenvalue weighted by atomic mass is 10.1. The number of carbonyl (C=O) groups excluding carboxylic acids is 1. The third-order valence-electron chi connectivity index (χ3n) is 3.96. The smallest absolute Gasteiger partial charge is 0.319 e. The first-order valence-electron chi connectivity index (χ1n) is 7.92. The number of hydrogen-bond acceptors (Lipinski definition) is 4. The summed E-state index contributed by atoms with van der Waals surface area (Å²) < 4.78 is 7.31. The highest BCUT2D eigenvalue weighted by molar-refractivity contribution is 5.89. The van der Waals surface area contributed by atoms with Gasteiger partial charge in [0.05, 0.1) is 30.2 Å². The highest BCUT2D eigenvalue weighted by Gasteiger charge is 2.25. The van der Waals surface area contributed by atoms with Crippen molar-refractivity contribution in [1.82, 2.24) is 20.3 Å². The summed E-state index contributed by atoms with van der Waals surface area (Å²) >= 11 is 0. The largest absolute Gasteiger partial charge is 0.376 e. The van der Waals surface area contributed by atoms with Crippen LogP contribution in [-0.4, -0.2) is 39.8 Å². The van der Waals surface area contributed by atoms with Crippen LogP contribution < -0.4 is 10.6 Å². The lowest BCUT2D eigenvalue weighted by molar-refractivity contribution is 0.0804. The molecule has 2 atom stereocenters. The predicted octanol–water partition coefficient (Wildman–Crippen LogP) is 2.35. The molecule has 0 radical (unpaired) electrons. The van der Waals surface area contributed by atoms with Gasteiger partial charge in [-0.05, 0) is 37.5 Å². The third-order valence-corrected chi connectivity index (χ3v) is 3.96. The summed E-state index contributed by atoms with van der Waals surface area (Å²) in [7, 11) is 0. The molecular weight excluding hydrogens is 294 g/mol. The molecule has 0 aliphatic carbocycles. The molecule has 0 spiro atoms. The Bertz CT molecular complexity index is 638. The van der Waals surface area contributed by atoms with Gasteiger partial charge in [0.1, 0.15) is 0 Å². The molecular formula is C16H21N5O2. The first-order valence-corrected chi connectivity index (χ1v) is 7.92. The van der Waals surface area contributed by atoms with Gasteiger partial charge in [-0.25, -0.2) is 9.48 Å². The van der Waals surface area contributed by atoms with Gasteiger partial charge in [-0.2, -0.15) is 0 Å². The molecule has 0 unspecified atom stereocenters. The third kappa shape index (κ3) is 3.87. The molecule has 0 saturated carbocycles. The standard InChI is InChI=1S/C16H21N5O2/c1-2-14(15-7-4-10-23-15)19-16(22)18-12-5-3-6-13(11-12)21-9-8-17-20-21/h3,5-6,8-9,11,14-15H,2,4,7,10H2,1H3,(H2,18,19,22)/t14-,15+/m0/s1. The van der Waals surface area contributed by atoms with Gasteiger partial charge in [-0.15, -0.1) is 5.10 Å². The fourth-order valence-electron chi connectivity index (χ4n) is 2.79. The SMILES string of the molecule is CC[C@H](NC(=O)Nc1cccc(-n2ccnn2)c1)[C@H]1CCCO1. The van der Waals surface area contributed by atoms with Crippen molar-refractivity contribution >= 4 is 11.7 Å². The van der Waals surface area contributed by atoms with Crippen molar-refractivity contribution in [2.45, 2.75) is 38.3 Å². The Balaban J connectivity index is 1.62. The van der Waals surface area contributed by atoms with Gasteiger partial charge in [-0.1, -0.05) is 18.2 Å². The van der Waals surface area contributed by atoms with E-state index < -0.39 is 0 Å². The molecule has 2 heterocycles. The van der Waals surface area contributed by atoms with E-state index in [0.717, 1.165) is 31.6 Å². The van der Waals surface area contributed by atoms with Crippen LogP contribution in [0, 0.1) is 0 Å². The minimum atomic E-state index is -0.219. The summed E-state index contributed by atoms with van der Waals surface area (Å²) in [6.07, 6.45) is 6.39. The van der Waals surface area contributed by atoms with Crippen molar-refractivity contribution in [3.8, 4) is 5.69 Å². The number of rotatable bonds is 5. The highest BCUT2D eigenvalue weighted by Crippen LogP contribution is 2.18. The van der Waals surface area contributed by atoms with Crippen molar-refractivity contribution in [3.63, 3.8) is 0 Å². The maximum atomic E-state index is 12.2. The molecule has 1 aliphatic heterocycles. The Morgan fingerprint density at radius 1 is 1.52 bits per heavy atom. The first kappa shape index (κ1) is 15.5. The summed E-state index contributed by atoms with van der Waals surface area (Å²) in [5, 5.41) is 13.6. The van der Waals surface area contributed by atoms with Crippen LogP contribution in [0.5, 0.6) is 0 Å². The molecule has 3 rings (SSSR count). The lowest BCUT2D eigenvalue weighted by Crippen LogP contribution is -2.44. The van der Waals surface area contributed by atoms with Crippen molar-refractivity contribution in [3.05, 3.63) is 36.7 Å². The van der Waals surface area contributed by atoms with Crippen LogP contribution in [0.25, 0.3) is 5.69 Å². The number of nitrogens with one attached hydrogen (secondary N) is 2. The second-order valence-electron chi connectivity index (χ2n) is 5.56. The van der Waals surface area contributed by atoms with Gasteiger partial charge in [0.25, 0.3) is 0 Å². The molecule has 1 saturated heterocycles. The lowest BCUT2D eigenvalue weighted by Gasteiger charge is -2.23. The van der Waals surface area contributed by atoms with Crippen LogP contribution in [0.1, 0.15) is 26.2 Å². The number of carbonyl (C=O) groups is 1. The van der Waals surface area contributed by atoms with Gasteiger partial charge in [-0.3, -0.25) is 0 Å². The quantitative estimate of drug-likeness (QED) is 0.887. The summed E-state index contributed by atoms with van der Waals surface area (Å²) in [5.41, 5.74) is 1.55. The van der Waals surface area contributed by atoms with Crippen LogP contribution in [0.2, 0.25) is 0 Å². The molecule has 122 valence electrons. The summed E-state index contributed by atoms with van der Waals surface area (Å²) in [6, 6.07) is 7.27. The van der Waals surface area contributed by atoms with Gasteiger partial charge in [0, 0.05) is 12.3 Å². The Morgan fingerprint density at radius 3 is 3.13 bits per heavy atom. The fraction of sp³-hybridized carbons (Fsp3) is 0.438. The van der Waals surface area contributed by atoms with Crippen molar-refractivity contribution in [1.29, 1.82) is 0 Å². The average Bonchev–Trinajstić information content (AvgIpc) is 3.26. The average molecular weight is 315 g/mol. The van der Waals surface area contributed by atoms with E-state index in [1.807, 2.05) is 24.3 Å². The van der Waals surface area contributed by atoms with E-state index in [9.17, 15) is 4.79 Å². The van der Waals surface area contributed by atoms with Gasteiger partial charge in [0.15, 0.2) is 0 Å². The maximum Gasteiger partial charge on any atom is 0.319 e. The predicted molar refractivity (Wildman–Crippen MR) is 86.6 cm³/mol. The number of nitrogens with zero attached hydrogens (tertiary/aromatic N) is 3. The van der Waals surface area contributed by atoms with E-state index in [4.69, 9.17) is 4.74 Å². The topological polar surface area (TPSA) is 81.1 Å². The van der Waals surface area contributed by atoms with Crippen LogP contribution >= 0.6 is 0 Å². The number of aromatic nitrogens is 3. The molecule has 7 heteroatoms. The molecule has 1 aromatic heterocycles. The number of benzene rings is 1. The second kappa shape index (κ2) is 7.23. The highest BCUT2D eigenvalue weighted by atomic mass is 16.5. The zero-order chi connectivity index (χ0) is 16.1. The molecule has 2 N–H and O–H groups in total. The van der Waals surface area contributed by atoms with Crippen molar-refractivity contribution in [2.75, 3.05) is 11.9 Å². The normalized spacial score (nSPS) is 18.6. The molecule has 23 heavy (non-hydrogen) atoms. The van der Waals surface area contributed by atoms with E-state index in [0.29, 0.717) is 5.69 Å². The second-order valence-corrected chi connectivity index (χ2v) is 5.56. The molecule has 7 nitrogen and oxygen atoms in total. The van der Waals surface area contributed by atoms with E-state index >= 15 is 0 Å². The first-order chi connectivity index (χ1) is 11.3. The molecule has 0 bridgehead atoms. The van der Waals surface area contributed by atoms with Crippen LogP contribution in [0.15, 0.2) is 36.7 Å². The Labute approximate surface area is 135 Å². The monoisotopic (exact) mass is 315 g/mol. The molecule has 2 amide bonds. The fourth-order valence-corrected chi connectivity index (χ4v) is 2.79. The van der Waals surface area contributed by atoms with Crippen molar-refractivity contribution in [2.24, 2.45) is 0 Å². The van der Waals surface area contributed by atoms with E-state index in [1.165, 1.54) is 0 Å². The zero-order valence-corrected chi connectivity index (χ0v) is 13.1. The van der Waals surface area contributed by atoms with Gasteiger partial charge >= 0.3 is 6.03 Å². The minimum absolute atomic E-state index is 0.0380. The Morgan fingerprint density at radius 2 is 2.43 bits per heavy atom. The van der Waals surface area contributed by atoms with Crippen molar-refractivity contribution < 1.29 is 9.53 Å². The molecule has 1 fully saturated rings. The summed E-state index contributed by atoms with van der Waals surface area (Å²) in [5.74, 6) is 0. The Hall–Kier alpha value is -2.41. The van der Waals surface area contributed by atoms with Crippen LogP contribution in [0.4, 0.5) is 10.5 Å². The van der Waals surface area contributed by atoms with Gasteiger partial charge < -0.3 is 15.4 Å². The summed E-state index contributed by atoms with van der Waals surface area (Å²) in [4.78, 5) is 12.2. The number of urea groups is 1. The van der Waals surface area contributed by atoms with Crippen LogP contribution in [0.3, 0.4) is 0 Å². The minimum Gasteiger partial charge on any atom is -0.376 e. The molecule has 1 aliphatic rings. The van der Waals surface area contributed by atoms with E-state index in [-0.39, 0.29) is 18.2 Å². The van der Waals surface area contributed by atoms with Crippen LogP contribution in [-0.2, 0) is 4.74 Å². The number of anilines is 1. The maximum absolute atomic E-state index is 12.2. The van der Waals surface area contributed by atoms with E-state index in [2.05, 4.69) is 27.9 Å². The molecule has 1 aromatic carbocycles. The Kier molecular flexibility index (Phi) is 4.87. The molecule has 2 aromatic rings. The number of hydrogen-bond donors (Lipinski definition) is 2. The zero-order valence-electron chi connectivity index (χ0n) is 13.1. The number of amides is 2.